The smallest absolute Gasteiger partial charge is 0.330 e. The molecule has 0 radical (unpaired) electrons. The molecule has 1 aromatic heterocycles. The van der Waals surface area contributed by atoms with Crippen LogP contribution < -0.4 is 10.1 Å². The first-order valence-electron chi connectivity index (χ1n) is 9.94. The Morgan fingerprint density at radius 1 is 1.24 bits per heavy atom. The molecule has 1 aliphatic rings. The molecule has 0 fully saturated rings. The van der Waals surface area contributed by atoms with E-state index in [1.54, 1.807) is 13.2 Å². The Balaban J connectivity index is 1.37. The molecule has 5 heteroatoms. The third-order valence-corrected chi connectivity index (χ3v) is 5.62. The summed E-state index contributed by atoms with van der Waals surface area (Å²) in [6.45, 7) is 0.924. The molecular weight excluding hydrogens is 364 g/mol. The largest absolute Gasteiger partial charge is 0.497 e. The summed E-state index contributed by atoms with van der Waals surface area (Å²) in [4.78, 5) is 14.6. The summed E-state index contributed by atoms with van der Waals surface area (Å²) < 4.78 is 9.95. The molecule has 1 heterocycles. The minimum absolute atomic E-state index is 0.333. The Labute approximate surface area is 170 Å². The van der Waals surface area contributed by atoms with Crippen LogP contribution in [0.2, 0.25) is 0 Å². The molecule has 1 atom stereocenters. The van der Waals surface area contributed by atoms with Gasteiger partial charge in [0.2, 0.25) is 0 Å². The fourth-order valence-electron chi connectivity index (χ4n) is 4.07. The average Bonchev–Trinajstić information content (AvgIpc) is 3.35. The number of nitrogens with one attached hydrogen (secondary N) is 2. The van der Waals surface area contributed by atoms with Crippen LogP contribution in [0.3, 0.4) is 0 Å². The van der Waals surface area contributed by atoms with Crippen LogP contribution in [0.25, 0.3) is 17.0 Å². The van der Waals surface area contributed by atoms with E-state index in [1.807, 2.05) is 12.1 Å². The number of benzene rings is 2. The van der Waals surface area contributed by atoms with E-state index >= 15 is 0 Å². The fourth-order valence-corrected chi connectivity index (χ4v) is 4.07. The molecule has 0 aliphatic heterocycles. The van der Waals surface area contributed by atoms with Gasteiger partial charge in [-0.2, -0.15) is 0 Å². The number of aromatic nitrogens is 1. The third kappa shape index (κ3) is 4.20. The highest BCUT2D eigenvalue weighted by Gasteiger charge is 2.21. The highest BCUT2D eigenvalue weighted by molar-refractivity contribution is 5.87. The Bertz CT molecular complexity index is 1050. The van der Waals surface area contributed by atoms with Gasteiger partial charge >= 0.3 is 5.97 Å². The zero-order valence-corrected chi connectivity index (χ0v) is 16.8. The van der Waals surface area contributed by atoms with Crippen molar-refractivity contribution in [2.45, 2.75) is 25.3 Å². The molecule has 2 N–H and O–H groups in total. The van der Waals surface area contributed by atoms with Crippen molar-refractivity contribution in [3.8, 4) is 5.75 Å². The van der Waals surface area contributed by atoms with Crippen LogP contribution in [0.5, 0.6) is 5.75 Å². The molecule has 150 valence electrons. The van der Waals surface area contributed by atoms with Crippen molar-refractivity contribution >= 4 is 22.9 Å². The molecule has 2 aromatic carbocycles. The van der Waals surface area contributed by atoms with Crippen LogP contribution in [-0.2, 0) is 22.4 Å². The SMILES string of the molecule is COC(=O)C=Cc1ccc2c(c1)CCC2NCCc1c[nH]c2cc(OC)ccc12. The van der Waals surface area contributed by atoms with Crippen LogP contribution in [-0.4, -0.2) is 31.7 Å². The highest BCUT2D eigenvalue weighted by Crippen LogP contribution is 2.32. The number of carbonyl (C=O) groups excluding carboxylic acids is 1. The maximum atomic E-state index is 11.3. The molecule has 0 bridgehead atoms. The lowest BCUT2D eigenvalue weighted by Crippen LogP contribution is -2.21. The fraction of sp³-hybridized carbons (Fsp3) is 0.292. The highest BCUT2D eigenvalue weighted by atomic mass is 16.5. The van der Waals surface area contributed by atoms with Crippen molar-refractivity contribution in [2.24, 2.45) is 0 Å². The van der Waals surface area contributed by atoms with Gasteiger partial charge < -0.3 is 19.8 Å². The molecule has 5 nitrogen and oxygen atoms in total. The molecule has 1 aliphatic carbocycles. The number of rotatable bonds is 7. The van der Waals surface area contributed by atoms with Crippen molar-refractivity contribution in [1.82, 2.24) is 10.3 Å². The van der Waals surface area contributed by atoms with E-state index in [4.69, 9.17) is 4.74 Å². The number of aryl methyl sites for hydroxylation is 1. The lowest BCUT2D eigenvalue weighted by Gasteiger charge is -2.14. The van der Waals surface area contributed by atoms with Gasteiger partial charge in [-0.1, -0.05) is 18.2 Å². The van der Waals surface area contributed by atoms with E-state index < -0.39 is 0 Å². The summed E-state index contributed by atoms with van der Waals surface area (Å²) in [6, 6.07) is 12.9. The van der Waals surface area contributed by atoms with E-state index in [-0.39, 0.29) is 5.97 Å². The first-order chi connectivity index (χ1) is 14.2. The Morgan fingerprint density at radius 3 is 2.97 bits per heavy atom. The molecule has 0 saturated heterocycles. The minimum Gasteiger partial charge on any atom is -0.497 e. The summed E-state index contributed by atoms with van der Waals surface area (Å²) in [6.07, 6.45) is 8.48. The standard InChI is InChI=1S/C24H26N2O3/c1-28-19-6-8-21-18(15-26-23(21)14-19)11-12-25-22-9-5-17-13-16(3-7-20(17)22)4-10-24(27)29-2/h3-4,6-8,10,13-15,22,25-26H,5,9,11-12H2,1-2H3. The molecule has 3 aromatic rings. The molecule has 0 spiro atoms. The molecule has 4 rings (SSSR count). The number of hydrogen-bond donors (Lipinski definition) is 2. The normalized spacial score (nSPS) is 15.7. The van der Waals surface area contributed by atoms with Crippen molar-refractivity contribution < 1.29 is 14.3 Å². The zero-order chi connectivity index (χ0) is 20.2. The first kappa shape index (κ1) is 19.3. The monoisotopic (exact) mass is 390 g/mol. The second kappa shape index (κ2) is 8.53. The number of fused-ring (bicyclic) bond motifs is 2. The maximum Gasteiger partial charge on any atom is 0.330 e. The van der Waals surface area contributed by atoms with Gasteiger partial charge in [0.05, 0.1) is 14.2 Å². The summed E-state index contributed by atoms with van der Waals surface area (Å²) in [5.74, 6) is 0.535. The zero-order valence-electron chi connectivity index (χ0n) is 16.8. The summed E-state index contributed by atoms with van der Waals surface area (Å²) in [7, 11) is 3.07. The second-order valence-electron chi connectivity index (χ2n) is 7.34. The van der Waals surface area contributed by atoms with Crippen LogP contribution >= 0.6 is 0 Å². The van der Waals surface area contributed by atoms with E-state index in [2.05, 4.69) is 45.5 Å². The molecule has 1 unspecified atom stereocenters. The number of esters is 1. The quantitative estimate of drug-likeness (QED) is 0.469. The van der Waals surface area contributed by atoms with Crippen molar-refractivity contribution in [3.05, 3.63) is 70.9 Å². The third-order valence-electron chi connectivity index (χ3n) is 5.62. The summed E-state index contributed by atoms with van der Waals surface area (Å²) in [5.41, 5.74) is 6.18. The molecule has 29 heavy (non-hydrogen) atoms. The van der Waals surface area contributed by atoms with Crippen molar-refractivity contribution in [3.63, 3.8) is 0 Å². The van der Waals surface area contributed by atoms with Crippen LogP contribution in [0.4, 0.5) is 0 Å². The number of H-pyrrole nitrogens is 1. The van der Waals surface area contributed by atoms with Gasteiger partial charge in [-0.3, -0.25) is 0 Å². The minimum atomic E-state index is -0.333. The number of ether oxygens (including phenoxy) is 2. The van der Waals surface area contributed by atoms with Crippen LogP contribution in [0, 0.1) is 0 Å². The van der Waals surface area contributed by atoms with E-state index in [0.717, 1.165) is 42.6 Å². The van der Waals surface area contributed by atoms with Crippen LogP contribution in [0.15, 0.2) is 48.7 Å². The molecule has 0 amide bonds. The topological polar surface area (TPSA) is 63.3 Å². The predicted molar refractivity (Wildman–Crippen MR) is 115 cm³/mol. The van der Waals surface area contributed by atoms with Gasteiger partial charge in [0.25, 0.3) is 0 Å². The average molecular weight is 390 g/mol. The lowest BCUT2D eigenvalue weighted by molar-refractivity contribution is -0.134. The van der Waals surface area contributed by atoms with Crippen molar-refractivity contribution in [1.29, 1.82) is 0 Å². The number of methoxy groups -OCH3 is 2. The lowest BCUT2D eigenvalue weighted by atomic mass is 10.0. The van der Waals surface area contributed by atoms with Gasteiger partial charge in [-0.05, 0) is 66.3 Å². The summed E-state index contributed by atoms with van der Waals surface area (Å²) >= 11 is 0. The van der Waals surface area contributed by atoms with Gasteiger partial charge in [0.15, 0.2) is 0 Å². The number of carbonyl (C=O) groups is 1. The van der Waals surface area contributed by atoms with Gasteiger partial charge in [0, 0.05) is 35.3 Å². The van der Waals surface area contributed by atoms with E-state index in [0.29, 0.717) is 6.04 Å². The molecule has 0 saturated carbocycles. The van der Waals surface area contributed by atoms with Gasteiger partial charge in [-0.15, -0.1) is 0 Å². The Hall–Kier alpha value is -3.05. The first-order valence-corrected chi connectivity index (χ1v) is 9.94. The number of aromatic amines is 1. The van der Waals surface area contributed by atoms with Gasteiger partial charge in [0.1, 0.15) is 5.75 Å². The van der Waals surface area contributed by atoms with Gasteiger partial charge in [-0.25, -0.2) is 4.79 Å². The predicted octanol–water partition coefficient (Wildman–Crippen LogP) is 4.18. The molecular formula is C24H26N2O3. The van der Waals surface area contributed by atoms with E-state index in [9.17, 15) is 4.79 Å². The maximum absolute atomic E-state index is 11.3. The van der Waals surface area contributed by atoms with Crippen LogP contribution in [0.1, 0.15) is 34.7 Å². The van der Waals surface area contributed by atoms with E-state index in [1.165, 1.54) is 35.3 Å². The number of hydrogen-bond acceptors (Lipinski definition) is 4. The Kier molecular flexibility index (Phi) is 5.67. The second-order valence-corrected chi connectivity index (χ2v) is 7.34. The summed E-state index contributed by atoms with van der Waals surface area (Å²) in [5, 5.41) is 4.96. The Morgan fingerprint density at radius 2 is 2.14 bits per heavy atom. The van der Waals surface area contributed by atoms with Crippen molar-refractivity contribution in [2.75, 3.05) is 20.8 Å².